The van der Waals surface area contributed by atoms with Crippen LogP contribution in [0.1, 0.15) is 6.42 Å². The maximum Gasteiger partial charge on any atom is 0.252 e. The molecule has 2 heterocycles. The summed E-state index contributed by atoms with van der Waals surface area (Å²) >= 11 is 0. The molecule has 0 spiro atoms. The van der Waals surface area contributed by atoms with Crippen molar-refractivity contribution in [3.63, 3.8) is 0 Å². The van der Waals surface area contributed by atoms with E-state index >= 15 is 0 Å². The van der Waals surface area contributed by atoms with Crippen molar-refractivity contribution < 1.29 is 9.59 Å². The topological polar surface area (TPSA) is 88.1 Å². The van der Waals surface area contributed by atoms with E-state index in [0.29, 0.717) is 11.0 Å². The number of para-hydroxylation sites is 1. The largest absolute Gasteiger partial charge is 0.341 e. The molecule has 1 fully saturated rings. The smallest absolute Gasteiger partial charge is 0.252 e. The molecule has 1 atom stereocenters. The molecule has 0 saturated carbocycles. The Bertz CT molecular complexity index is 672. The van der Waals surface area contributed by atoms with Crippen LogP contribution in [0.3, 0.4) is 0 Å². The van der Waals surface area contributed by atoms with Crippen molar-refractivity contribution in [3.8, 4) is 0 Å². The van der Waals surface area contributed by atoms with E-state index in [9.17, 15) is 9.59 Å². The number of nitrogens with zero attached hydrogens (tertiary/aromatic N) is 4. The number of aromatic nitrogens is 3. The number of fused-ring (bicyclic) bond motifs is 1. The molecular formula is C12H11N5O2. The summed E-state index contributed by atoms with van der Waals surface area (Å²) in [4.78, 5) is 28.5. The Hall–Kier alpha value is -2.57. The molecule has 1 aromatic carbocycles. The van der Waals surface area contributed by atoms with E-state index in [-0.39, 0.29) is 24.2 Å². The maximum absolute atomic E-state index is 11.8. The summed E-state index contributed by atoms with van der Waals surface area (Å²) < 4.78 is 0. The van der Waals surface area contributed by atoms with Crippen molar-refractivity contribution in [1.82, 2.24) is 20.1 Å². The third-order valence-electron chi connectivity index (χ3n) is 3.05. The summed E-state index contributed by atoms with van der Waals surface area (Å²) in [5, 5.41) is 10.7. The van der Waals surface area contributed by atoms with E-state index in [2.05, 4.69) is 20.5 Å². The molecular weight excluding hydrogens is 246 g/mol. The molecule has 1 saturated heterocycles. The number of amides is 2. The average Bonchev–Trinajstić information content (AvgIpc) is 2.66. The normalized spacial score (nSPS) is 19.2. The summed E-state index contributed by atoms with van der Waals surface area (Å²) in [6.45, 7) is 0. The van der Waals surface area contributed by atoms with Crippen molar-refractivity contribution in [1.29, 1.82) is 0 Å². The van der Waals surface area contributed by atoms with Crippen LogP contribution >= 0.6 is 0 Å². The number of imide groups is 1. The average molecular weight is 257 g/mol. The standard InChI is InChI=1S/C12H11N5O2/c1-17-10(18)6-9(11(17)19)14-12-13-7-4-2-3-5-8(7)15-16-12/h2-5,9H,6H2,1H3,(H,13,14,16). The van der Waals surface area contributed by atoms with Crippen molar-refractivity contribution in [2.45, 2.75) is 12.5 Å². The van der Waals surface area contributed by atoms with E-state index < -0.39 is 6.04 Å². The number of nitrogens with one attached hydrogen (secondary N) is 1. The van der Waals surface area contributed by atoms with Crippen LogP contribution in [0.5, 0.6) is 0 Å². The van der Waals surface area contributed by atoms with Crippen LogP contribution in [0.15, 0.2) is 24.3 Å². The van der Waals surface area contributed by atoms with Crippen molar-refractivity contribution >= 4 is 28.8 Å². The molecule has 3 rings (SSSR count). The van der Waals surface area contributed by atoms with Crippen LogP contribution < -0.4 is 5.32 Å². The molecule has 1 unspecified atom stereocenters. The minimum absolute atomic E-state index is 0.117. The molecule has 2 aromatic rings. The van der Waals surface area contributed by atoms with Crippen molar-refractivity contribution in [3.05, 3.63) is 24.3 Å². The second-order valence-corrected chi connectivity index (χ2v) is 4.32. The highest BCUT2D eigenvalue weighted by Gasteiger charge is 2.36. The molecule has 1 N–H and O–H groups in total. The van der Waals surface area contributed by atoms with Gasteiger partial charge in [0.2, 0.25) is 11.9 Å². The zero-order valence-electron chi connectivity index (χ0n) is 10.2. The van der Waals surface area contributed by atoms with Gasteiger partial charge in [0.25, 0.3) is 5.91 Å². The molecule has 0 bridgehead atoms. The van der Waals surface area contributed by atoms with Gasteiger partial charge >= 0.3 is 0 Å². The Morgan fingerprint density at radius 2 is 1.95 bits per heavy atom. The van der Waals surface area contributed by atoms with Gasteiger partial charge in [-0.2, -0.15) is 0 Å². The van der Waals surface area contributed by atoms with Gasteiger partial charge in [-0.25, -0.2) is 4.98 Å². The van der Waals surface area contributed by atoms with Crippen LogP contribution in [-0.2, 0) is 9.59 Å². The monoisotopic (exact) mass is 257 g/mol. The highest BCUT2D eigenvalue weighted by molar-refractivity contribution is 6.06. The predicted molar refractivity (Wildman–Crippen MR) is 67.1 cm³/mol. The SMILES string of the molecule is CN1C(=O)CC(Nc2nnc3ccccc3n2)C1=O. The lowest BCUT2D eigenvalue weighted by atomic mass is 10.2. The molecule has 2 amide bonds. The van der Waals surface area contributed by atoms with Gasteiger partial charge in [-0.05, 0) is 12.1 Å². The zero-order valence-corrected chi connectivity index (χ0v) is 10.2. The number of likely N-dealkylation sites (N-methyl/N-ethyl adjacent to an activating group) is 1. The summed E-state index contributed by atoms with van der Waals surface area (Å²) in [6.07, 6.45) is 0.117. The van der Waals surface area contributed by atoms with Gasteiger partial charge in [0.05, 0.1) is 11.9 Å². The molecule has 96 valence electrons. The molecule has 7 heteroatoms. The minimum Gasteiger partial charge on any atom is -0.341 e. The summed E-state index contributed by atoms with van der Waals surface area (Å²) in [6, 6.07) is 6.69. The number of carbonyl (C=O) groups is 2. The first kappa shape index (κ1) is 11.5. The Kier molecular flexibility index (Phi) is 2.59. The highest BCUT2D eigenvalue weighted by Crippen LogP contribution is 2.15. The van der Waals surface area contributed by atoms with Gasteiger partial charge in [-0.1, -0.05) is 12.1 Å². The Balaban J connectivity index is 1.86. The fourth-order valence-electron chi connectivity index (χ4n) is 1.97. The summed E-state index contributed by atoms with van der Waals surface area (Å²) in [5.41, 5.74) is 1.36. The van der Waals surface area contributed by atoms with Crippen LogP contribution in [0, 0.1) is 0 Å². The van der Waals surface area contributed by atoms with Gasteiger partial charge in [-0.3, -0.25) is 14.5 Å². The lowest BCUT2D eigenvalue weighted by Crippen LogP contribution is -2.32. The van der Waals surface area contributed by atoms with E-state index in [4.69, 9.17) is 0 Å². The predicted octanol–water partition coefficient (Wildman–Crippen LogP) is 0.194. The van der Waals surface area contributed by atoms with Crippen LogP contribution in [0.25, 0.3) is 11.0 Å². The van der Waals surface area contributed by atoms with Gasteiger partial charge in [0, 0.05) is 7.05 Å². The Labute approximate surface area is 108 Å². The number of carbonyl (C=O) groups excluding carboxylic acids is 2. The first-order valence-corrected chi connectivity index (χ1v) is 5.81. The molecule has 0 aliphatic carbocycles. The van der Waals surface area contributed by atoms with Crippen LogP contribution in [-0.4, -0.2) is 45.0 Å². The molecule has 1 aromatic heterocycles. The lowest BCUT2D eigenvalue weighted by molar-refractivity contribution is -0.136. The van der Waals surface area contributed by atoms with Crippen molar-refractivity contribution in [2.75, 3.05) is 12.4 Å². The van der Waals surface area contributed by atoms with E-state index in [1.54, 1.807) is 6.07 Å². The zero-order chi connectivity index (χ0) is 13.4. The van der Waals surface area contributed by atoms with Crippen molar-refractivity contribution in [2.24, 2.45) is 0 Å². The third kappa shape index (κ3) is 1.99. The first-order chi connectivity index (χ1) is 9.15. The van der Waals surface area contributed by atoms with Gasteiger partial charge < -0.3 is 5.32 Å². The minimum atomic E-state index is -0.611. The molecule has 1 aliphatic rings. The third-order valence-corrected chi connectivity index (χ3v) is 3.05. The second-order valence-electron chi connectivity index (χ2n) is 4.32. The highest BCUT2D eigenvalue weighted by atomic mass is 16.2. The number of anilines is 1. The number of rotatable bonds is 2. The lowest BCUT2D eigenvalue weighted by Gasteiger charge is -2.10. The number of hydrogen-bond acceptors (Lipinski definition) is 6. The fraction of sp³-hybridized carbons (Fsp3) is 0.250. The molecule has 0 radical (unpaired) electrons. The quantitative estimate of drug-likeness (QED) is 0.773. The maximum atomic E-state index is 11.8. The number of hydrogen-bond donors (Lipinski definition) is 1. The Morgan fingerprint density at radius 1 is 1.21 bits per heavy atom. The second kappa shape index (κ2) is 4.27. The molecule has 19 heavy (non-hydrogen) atoms. The van der Waals surface area contributed by atoms with E-state index in [0.717, 1.165) is 4.90 Å². The fourth-order valence-corrected chi connectivity index (χ4v) is 1.97. The number of benzene rings is 1. The summed E-state index contributed by atoms with van der Waals surface area (Å²) in [7, 11) is 1.46. The van der Waals surface area contributed by atoms with Gasteiger partial charge in [0.15, 0.2) is 0 Å². The first-order valence-electron chi connectivity index (χ1n) is 5.81. The summed E-state index contributed by atoms with van der Waals surface area (Å²) in [5.74, 6) is -0.238. The molecule has 1 aliphatic heterocycles. The van der Waals surface area contributed by atoms with Gasteiger partial charge in [-0.15, -0.1) is 10.2 Å². The van der Waals surface area contributed by atoms with Crippen LogP contribution in [0.4, 0.5) is 5.95 Å². The molecule has 7 nitrogen and oxygen atoms in total. The number of likely N-dealkylation sites (tertiary alicyclic amines) is 1. The Morgan fingerprint density at radius 3 is 2.63 bits per heavy atom. The van der Waals surface area contributed by atoms with Gasteiger partial charge in [0.1, 0.15) is 11.6 Å². The van der Waals surface area contributed by atoms with E-state index in [1.807, 2.05) is 18.2 Å². The van der Waals surface area contributed by atoms with Crippen LogP contribution in [0.2, 0.25) is 0 Å². The van der Waals surface area contributed by atoms with E-state index in [1.165, 1.54) is 7.05 Å².